The van der Waals surface area contributed by atoms with E-state index in [9.17, 15) is 25.1 Å². The molecule has 2 N–H and O–H groups in total. The van der Waals surface area contributed by atoms with Crippen molar-refractivity contribution in [3.05, 3.63) is 93.5 Å². The van der Waals surface area contributed by atoms with E-state index < -0.39 is 10.9 Å². The average molecular weight is 410 g/mol. The molecule has 148 valence electrons. The maximum atomic E-state index is 11.4. The van der Waals surface area contributed by atoms with Crippen molar-refractivity contribution < 1.29 is 19.9 Å². The highest BCUT2D eigenvalue weighted by Gasteiger charge is 2.20. The third-order valence-electron chi connectivity index (χ3n) is 4.27. The molecule has 0 aliphatic rings. The van der Waals surface area contributed by atoms with E-state index in [1.807, 2.05) is 37.3 Å². The fourth-order valence-corrected chi connectivity index (χ4v) is 3.82. The van der Waals surface area contributed by atoms with Crippen LogP contribution >= 0.6 is 11.9 Å². The first kappa shape index (κ1) is 20.2. The highest BCUT2D eigenvalue weighted by Crippen LogP contribution is 2.40. The average Bonchev–Trinajstić information content (AvgIpc) is 2.69. The zero-order valence-electron chi connectivity index (χ0n) is 15.5. The molecule has 0 amide bonds. The van der Waals surface area contributed by atoms with Gasteiger partial charge in [0.05, 0.1) is 17.2 Å². The molecule has 0 atom stereocenters. The van der Waals surface area contributed by atoms with Gasteiger partial charge in [0, 0.05) is 17.0 Å². The second-order valence-electron chi connectivity index (χ2n) is 6.30. The first-order chi connectivity index (χ1) is 13.9. The summed E-state index contributed by atoms with van der Waals surface area (Å²) in [4.78, 5) is 22.8. The molecule has 0 aliphatic carbocycles. The van der Waals surface area contributed by atoms with Crippen LogP contribution in [0.4, 0.5) is 11.4 Å². The number of rotatable bonds is 7. The van der Waals surface area contributed by atoms with E-state index in [-0.39, 0.29) is 17.0 Å². The molecule has 0 bridgehead atoms. The van der Waals surface area contributed by atoms with Crippen molar-refractivity contribution in [2.75, 3.05) is 4.31 Å². The lowest BCUT2D eigenvalue weighted by Gasteiger charge is -2.25. The number of nitro groups is 1. The number of carboxylic acids is 1. The standard InChI is InChI=1S/C21H18N2O5S/c1-14-10-11-16(23(27)28)12-19(14)29-22(13-15-6-3-2-4-7-15)18-9-5-8-17(20(18)24)21(25)26/h2-12,24H,13H2,1H3,(H,25,26). The van der Waals surface area contributed by atoms with Crippen LogP contribution < -0.4 is 4.31 Å². The van der Waals surface area contributed by atoms with Gasteiger partial charge in [-0.25, -0.2) is 4.79 Å². The fraction of sp³-hybridized carbons (Fsp3) is 0.0952. The zero-order valence-corrected chi connectivity index (χ0v) is 16.3. The number of hydrogen-bond donors (Lipinski definition) is 2. The largest absolute Gasteiger partial charge is 0.505 e. The Morgan fingerprint density at radius 3 is 2.48 bits per heavy atom. The Labute approximate surface area is 171 Å². The maximum absolute atomic E-state index is 11.4. The Kier molecular flexibility index (Phi) is 6.04. The maximum Gasteiger partial charge on any atom is 0.339 e. The third-order valence-corrected chi connectivity index (χ3v) is 5.46. The molecular formula is C21H18N2O5S. The minimum Gasteiger partial charge on any atom is -0.505 e. The van der Waals surface area contributed by atoms with Crippen LogP contribution in [0.2, 0.25) is 0 Å². The van der Waals surface area contributed by atoms with Crippen LogP contribution in [0.15, 0.2) is 71.6 Å². The molecule has 3 rings (SSSR count). The first-order valence-electron chi connectivity index (χ1n) is 8.66. The van der Waals surface area contributed by atoms with Crippen molar-refractivity contribution in [1.82, 2.24) is 0 Å². The Hall–Kier alpha value is -3.52. The predicted octanol–water partition coefficient (Wildman–Crippen LogP) is 5.02. The molecule has 0 spiro atoms. The van der Waals surface area contributed by atoms with E-state index in [0.29, 0.717) is 17.1 Å². The number of aromatic hydroxyl groups is 1. The number of nitrogens with zero attached hydrogens (tertiary/aromatic N) is 2. The van der Waals surface area contributed by atoms with E-state index in [1.165, 1.54) is 30.1 Å². The minimum atomic E-state index is -1.24. The molecule has 3 aromatic carbocycles. The van der Waals surface area contributed by atoms with E-state index >= 15 is 0 Å². The van der Waals surface area contributed by atoms with Gasteiger partial charge in [-0.15, -0.1) is 0 Å². The number of aromatic carboxylic acids is 1. The smallest absolute Gasteiger partial charge is 0.339 e. The molecule has 0 saturated carbocycles. The molecule has 0 unspecified atom stereocenters. The van der Waals surface area contributed by atoms with E-state index in [1.54, 1.807) is 22.5 Å². The SMILES string of the molecule is Cc1ccc([N+](=O)[O-])cc1SN(Cc1ccccc1)c1cccc(C(=O)O)c1O. The summed E-state index contributed by atoms with van der Waals surface area (Å²) in [5, 5.41) is 31.0. The quantitative estimate of drug-likeness (QED) is 0.320. The molecule has 0 aliphatic heterocycles. The lowest BCUT2D eigenvalue weighted by Crippen LogP contribution is -2.15. The van der Waals surface area contributed by atoms with Crippen molar-refractivity contribution in [1.29, 1.82) is 0 Å². The van der Waals surface area contributed by atoms with Gasteiger partial charge in [-0.05, 0) is 42.1 Å². The summed E-state index contributed by atoms with van der Waals surface area (Å²) in [5.41, 5.74) is 1.82. The Bertz CT molecular complexity index is 1060. The first-order valence-corrected chi connectivity index (χ1v) is 9.44. The van der Waals surface area contributed by atoms with Gasteiger partial charge >= 0.3 is 5.97 Å². The number of para-hydroxylation sites is 1. The van der Waals surface area contributed by atoms with Crippen LogP contribution in [-0.2, 0) is 6.54 Å². The van der Waals surface area contributed by atoms with Gasteiger partial charge in [0.1, 0.15) is 5.56 Å². The molecular weight excluding hydrogens is 392 g/mol. The number of benzene rings is 3. The topological polar surface area (TPSA) is 104 Å². The molecule has 0 saturated heterocycles. The Morgan fingerprint density at radius 1 is 1.10 bits per heavy atom. The fourth-order valence-electron chi connectivity index (χ4n) is 2.74. The summed E-state index contributed by atoms with van der Waals surface area (Å²) in [7, 11) is 0. The van der Waals surface area contributed by atoms with Crippen molar-refractivity contribution in [3.63, 3.8) is 0 Å². The van der Waals surface area contributed by atoms with E-state index in [0.717, 1.165) is 11.1 Å². The van der Waals surface area contributed by atoms with Crippen LogP contribution in [0, 0.1) is 17.0 Å². The van der Waals surface area contributed by atoms with Gasteiger partial charge in [0.25, 0.3) is 5.69 Å². The molecule has 7 nitrogen and oxygen atoms in total. The van der Waals surface area contributed by atoms with Crippen molar-refractivity contribution in [2.24, 2.45) is 0 Å². The number of anilines is 1. The number of non-ortho nitro benzene ring substituents is 1. The van der Waals surface area contributed by atoms with Crippen LogP contribution in [-0.4, -0.2) is 21.1 Å². The number of phenols is 1. The lowest BCUT2D eigenvalue weighted by molar-refractivity contribution is -0.385. The highest BCUT2D eigenvalue weighted by molar-refractivity contribution is 8.00. The van der Waals surface area contributed by atoms with Crippen LogP contribution in [0.1, 0.15) is 21.5 Å². The van der Waals surface area contributed by atoms with Crippen LogP contribution in [0.25, 0.3) is 0 Å². The summed E-state index contributed by atoms with van der Waals surface area (Å²) < 4.78 is 1.73. The second kappa shape index (κ2) is 8.66. The van der Waals surface area contributed by atoms with Gasteiger partial charge in [-0.1, -0.05) is 42.5 Å². The molecule has 0 heterocycles. The van der Waals surface area contributed by atoms with Gasteiger partial charge in [0.15, 0.2) is 5.75 Å². The summed E-state index contributed by atoms with van der Waals surface area (Å²) in [6.07, 6.45) is 0. The van der Waals surface area contributed by atoms with Gasteiger partial charge in [-0.2, -0.15) is 0 Å². The van der Waals surface area contributed by atoms with Gasteiger partial charge < -0.3 is 14.5 Å². The molecule has 29 heavy (non-hydrogen) atoms. The number of nitro benzene ring substituents is 1. The highest BCUT2D eigenvalue weighted by atomic mass is 32.2. The summed E-state index contributed by atoms with van der Waals surface area (Å²) in [5.74, 6) is -1.59. The minimum absolute atomic E-state index is 0.0405. The predicted molar refractivity (Wildman–Crippen MR) is 111 cm³/mol. The van der Waals surface area contributed by atoms with Gasteiger partial charge in [-0.3, -0.25) is 10.1 Å². The van der Waals surface area contributed by atoms with E-state index in [2.05, 4.69) is 0 Å². The summed E-state index contributed by atoms with van der Waals surface area (Å²) in [6, 6.07) is 18.5. The van der Waals surface area contributed by atoms with Crippen LogP contribution in [0.5, 0.6) is 5.75 Å². The Morgan fingerprint density at radius 2 is 1.83 bits per heavy atom. The lowest BCUT2D eigenvalue weighted by atomic mass is 10.1. The number of carbonyl (C=O) groups is 1. The molecule has 3 aromatic rings. The number of hydrogen-bond acceptors (Lipinski definition) is 6. The van der Waals surface area contributed by atoms with E-state index in [4.69, 9.17) is 0 Å². The third kappa shape index (κ3) is 4.67. The zero-order chi connectivity index (χ0) is 21.0. The Balaban J connectivity index is 2.05. The van der Waals surface area contributed by atoms with Gasteiger partial charge in [0.2, 0.25) is 0 Å². The summed E-state index contributed by atoms with van der Waals surface area (Å²) in [6.45, 7) is 2.19. The molecule has 0 radical (unpaired) electrons. The van der Waals surface area contributed by atoms with Crippen LogP contribution in [0.3, 0.4) is 0 Å². The monoisotopic (exact) mass is 410 g/mol. The van der Waals surface area contributed by atoms with Crippen molar-refractivity contribution >= 4 is 29.3 Å². The number of aryl methyl sites for hydroxylation is 1. The normalized spacial score (nSPS) is 10.5. The van der Waals surface area contributed by atoms with Crippen molar-refractivity contribution in [2.45, 2.75) is 18.4 Å². The molecule has 0 aromatic heterocycles. The summed E-state index contributed by atoms with van der Waals surface area (Å²) >= 11 is 1.21. The number of carboxylic acid groups (broad SMARTS) is 1. The second-order valence-corrected chi connectivity index (χ2v) is 7.36. The molecule has 0 fully saturated rings. The molecule has 8 heteroatoms. The van der Waals surface area contributed by atoms with Crippen molar-refractivity contribution in [3.8, 4) is 5.75 Å².